The van der Waals surface area contributed by atoms with E-state index in [9.17, 15) is 14.5 Å². The first-order valence-corrected chi connectivity index (χ1v) is 6.07. The minimum atomic E-state index is -4.63. The topological polar surface area (TPSA) is 116 Å². The summed E-state index contributed by atoms with van der Waals surface area (Å²) in [5, 5.41) is 9.18. The van der Waals surface area contributed by atoms with Crippen LogP contribution in [-0.4, -0.2) is 24.4 Å². The predicted octanol–water partition coefficient (Wildman–Crippen LogP) is -0.515. The summed E-state index contributed by atoms with van der Waals surface area (Å²) in [7, 11) is -4.63. The van der Waals surface area contributed by atoms with Gasteiger partial charge in [-0.15, -0.1) is 0 Å². The minimum Gasteiger partial charge on any atom is -0.493 e. The highest BCUT2D eigenvalue weighted by molar-refractivity contribution is 7.60. The molecule has 0 unspecified atom stereocenters. The van der Waals surface area contributed by atoms with Gasteiger partial charge in [0.05, 0.1) is 0 Å². The van der Waals surface area contributed by atoms with Crippen LogP contribution in [-0.2, 0) is 11.1 Å². The zero-order valence-corrected chi connectivity index (χ0v) is 9.07. The molecule has 1 heterocycles. The highest BCUT2D eigenvalue weighted by Crippen LogP contribution is 2.35. The van der Waals surface area contributed by atoms with Crippen LogP contribution < -0.4 is 11.1 Å². The van der Waals surface area contributed by atoms with Gasteiger partial charge >= 0.3 is 13.3 Å². The number of rotatable bonds is 4. The van der Waals surface area contributed by atoms with Gasteiger partial charge in [0.25, 0.3) is 0 Å². The van der Waals surface area contributed by atoms with Crippen molar-refractivity contribution >= 4 is 13.0 Å². The van der Waals surface area contributed by atoms with Crippen LogP contribution in [0.25, 0.3) is 0 Å². The average molecular weight is 236 g/mol. The van der Waals surface area contributed by atoms with Crippen LogP contribution in [0.5, 0.6) is 5.88 Å². The minimum absolute atomic E-state index is 0.173. The Balaban J connectivity index is 3.24. The van der Waals surface area contributed by atoms with Crippen LogP contribution in [0.2, 0.25) is 0 Å². The largest absolute Gasteiger partial charge is 0.493 e. The van der Waals surface area contributed by atoms with Gasteiger partial charge in [0.2, 0.25) is 5.88 Å². The third kappa shape index (κ3) is 2.50. The molecule has 1 aromatic heterocycles. The number of imidazole rings is 1. The molecule has 0 saturated heterocycles. The summed E-state index contributed by atoms with van der Waals surface area (Å²) in [4.78, 5) is 31.0. The standard InChI is InChI=1S/C7H13N2O5P/c1-2-3-4-9-6(15(12,13)14)5(10)8-7(9)11/h10H,2-4H2,1H3,(H,8,11)(H2,12,13,14). The third-order valence-corrected chi connectivity index (χ3v) is 2.95. The Morgan fingerprint density at radius 1 is 1.47 bits per heavy atom. The second-order valence-electron chi connectivity index (χ2n) is 3.15. The van der Waals surface area contributed by atoms with E-state index in [1.807, 2.05) is 11.9 Å². The molecule has 86 valence electrons. The lowest BCUT2D eigenvalue weighted by Crippen LogP contribution is -2.26. The summed E-state index contributed by atoms with van der Waals surface area (Å²) in [5.41, 5.74) is -1.35. The van der Waals surface area contributed by atoms with Gasteiger partial charge in [0.15, 0.2) is 5.44 Å². The van der Waals surface area contributed by atoms with Gasteiger partial charge in [-0.25, -0.2) is 4.79 Å². The molecule has 15 heavy (non-hydrogen) atoms. The lowest BCUT2D eigenvalue weighted by molar-refractivity contribution is 0.380. The van der Waals surface area contributed by atoms with E-state index in [0.717, 1.165) is 11.0 Å². The summed E-state index contributed by atoms with van der Waals surface area (Å²) < 4.78 is 11.9. The maximum absolute atomic E-state index is 11.2. The fraction of sp³-hybridized carbons (Fsp3) is 0.571. The number of H-pyrrole nitrogens is 1. The van der Waals surface area contributed by atoms with Crippen LogP contribution in [0.15, 0.2) is 4.79 Å². The number of hydrogen-bond donors (Lipinski definition) is 4. The molecule has 0 bridgehead atoms. The van der Waals surface area contributed by atoms with Gasteiger partial charge in [-0.05, 0) is 6.42 Å². The van der Waals surface area contributed by atoms with E-state index in [1.54, 1.807) is 0 Å². The molecule has 0 aliphatic carbocycles. The number of aromatic hydroxyl groups is 1. The zero-order chi connectivity index (χ0) is 11.6. The Labute approximate surface area is 85.5 Å². The van der Waals surface area contributed by atoms with Crippen LogP contribution in [0.1, 0.15) is 19.8 Å². The Hall–Kier alpha value is -1.04. The summed E-state index contributed by atoms with van der Waals surface area (Å²) in [6, 6.07) is 0. The van der Waals surface area contributed by atoms with Crippen molar-refractivity contribution in [2.45, 2.75) is 26.3 Å². The van der Waals surface area contributed by atoms with E-state index < -0.39 is 24.6 Å². The molecule has 0 amide bonds. The Morgan fingerprint density at radius 3 is 2.53 bits per heavy atom. The summed E-state index contributed by atoms with van der Waals surface area (Å²) in [6.07, 6.45) is 1.38. The highest BCUT2D eigenvalue weighted by atomic mass is 31.2. The Bertz CT molecular complexity index is 443. The number of nitrogens with zero attached hydrogens (tertiary/aromatic N) is 1. The molecule has 0 atom stereocenters. The van der Waals surface area contributed by atoms with Crippen molar-refractivity contribution < 1.29 is 19.5 Å². The lowest BCUT2D eigenvalue weighted by Gasteiger charge is -2.07. The molecule has 0 fully saturated rings. The maximum Gasteiger partial charge on any atom is 0.378 e. The molecule has 0 spiro atoms. The van der Waals surface area contributed by atoms with Crippen LogP contribution in [0.3, 0.4) is 0 Å². The van der Waals surface area contributed by atoms with E-state index >= 15 is 0 Å². The van der Waals surface area contributed by atoms with Gasteiger partial charge in [0.1, 0.15) is 0 Å². The fourth-order valence-electron chi connectivity index (χ4n) is 1.27. The first kappa shape index (κ1) is 12.0. The van der Waals surface area contributed by atoms with Crippen molar-refractivity contribution in [2.24, 2.45) is 0 Å². The van der Waals surface area contributed by atoms with E-state index in [4.69, 9.17) is 9.79 Å². The lowest BCUT2D eigenvalue weighted by atomic mass is 10.3. The summed E-state index contributed by atoms with van der Waals surface area (Å²) >= 11 is 0. The van der Waals surface area contributed by atoms with Crippen molar-refractivity contribution in [3.8, 4) is 5.88 Å². The molecule has 0 saturated carbocycles. The monoisotopic (exact) mass is 236 g/mol. The van der Waals surface area contributed by atoms with Crippen molar-refractivity contribution in [1.29, 1.82) is 0 Å². The first-order valence-electron chi connectivity index (χ1n) is 4.45. The van der Waals surface area contributed by atoms with Crippen molar-refractivity contribution in [3.63, 3.8) is 0 Å². The molecule has 0 radical (unpaired) electrons. The molecule has 1 rings (SSSR count). The van der Waals surface area contributed by atoms with E-state index in [1.165, 1.54) is 0 Å². The second-order valence-corrected chi connectivity index (χ2v) is 4.66. The van der Waals surface area contributed by atoms with Gasteiger partial charge in [-0.2, -0.15) is 0 Å². The number of nitrogens with one attached hydrogen (secondary N) is 1. The molecule has 1 aromatic rings. The van der Waals surface area contributed by atoms with Crippen molar-refractivity contribution in [3.05, 3.63) is 10.5 Å². The average Bonchev–Trinajstić information content (AvgIpc) is 2.36. The molecule has 4 N–H and O–H groups in total. The van der Waals surface area contributed by atoms with Crippen molar-refractivity contribution in [2.75, 3.05) is 0 Å². The Morgan fingerprint density at radius 2 is 2.07 bits per heavy atom. The molecule has 8 heteroatoms. The number of hydrogen-bond acceptors (Lipinski definition) is 3. The summed E-state index contributed by atoms with van der Waals surface area (Å²) in [5.74, 6) is -0.760. The van der Waals surface area contributed by atoms with Crippen LogP contribution in [0, 0.1) is 0 Å². The normalized spacial score (nSPS) is 11.9. The van der Waals surface area contributed by atoms with Gasteiger partial charge < -0.3 is 14.9 Å². The smallest absolute Gasteiger partial charge is 0.378 e. The van der Waals surface area contributed by atoms with E-state index in [2.05, 4.69) is 0 Å². The molecule has 0 aromatic carbocycles. The second kappa shape index (κ2) is 4.22. The number of unbranched alkanes of at least 4 members (excludes halogenated alkanes) is 1. The summed E-state index contributed by atoms with van der Waals surface area (Å²) in [6.45, 7) is 2.06. The van der Waals surface area contributed by atoms with Gasteiger partial charge in [0, 0.05) is 6.54 Å². The number of aromatic amines is 1. The third-order valence-electron chi connectivity index (χ3n) is 1.95. The van der Waals surface area contributed by atoms with Gasteiger partial charge in [-0.3, -0.25) is 14.1 Å². The highest BCUT2D eigenvalue weighted by Gasteiger charge is 2.29. The van der Waals surface area contributed by atoms with E-state index in [-0.39, 0.29) is 6.54 Å². The molecule has 0 aliphatic heterocycles. The van der Waals surface area contributed by atoms with Crippen LogP contribution >= 0.6 is 7.60 Å². The fourth-order valence-corrected chi connectivity index (χ4v) is 2.10. The molecular formula is C7H13N2O5P. The van der Waals surface area contributed by atoms with Gasteiger partial charge in [-0.1, -0.05) is 13.3 Å². The molecule has 7 nitrogen and oxygen atoms in total. The van der Waals surface area contributed by atoms with Crippen LogP contribution in [0.4, 0.5) is 0 Å². The van der Waals surface area contributed by atoms with Crippen molar-refractivity contribution in [1.82, 2.24) is 9.55 Å². The molecular weight excluding hydrogens is 223 g/mol. The quantitative estimate of drug-likeness (QED) is 0.525. The van der Waals surface area contributed by atoms with E-state index in [0.29, 0.717) is 6.42 Å². The number of aromatic nitrogens is 2. The predicted molar refractivity (Wildman–Crippen MR) is 53.3 cm³/mol. The maximum atomic E-state index is 11.2. The SMILES string of the molecule is CCCCn1c(P(=O)(O)O)c(O)[nH]c1=O. The molecule has 0 aliphatic rings. The first-order chi connectivity index (χ1) is 6.88. The Kier molecular flexibility index (Phi) is 3.38. The zero-order valence-electron chi connectivity index (χ0n) is 8.17.